The number of aromatic nitrogens is 1. The van der Waals surface area contributed by atoms with Crippen molar-refractivity contribution in [2.75, 3.05) is 13.1 Å². The van der Waals surface area contributed by atoms with Gasteiger partial charge >= 0.3 is 5.97 Å². The average Bonchev–Trinajstić information content (AvgIpc) is 3.14. The summed E-state index contributed by atoms with van der Waals surface area (Å²) in [6.45, 7) is 0.989. The van der Waals surface area contributed by atoms with Crippen LogP contribution in [0.15, 0.2) is 53.9 Å². The number of carbonyl (C=O) groups excluding carboxylic acids is 2. The first kappa shape index (κ1) is 19.0. The molecule has 2 aromatic carbocycles. The van der Waals surface area contributed by atoms with Crippen LogP contribution < -0.4 is 0 Å². The summed E-state index contributed by atoms with van der Waals surface area (Å²) < 4.78 is 5.81. The van der Waals surface area contributed by atoms with Crippen LogP contribution in [-0.4, -0.2) is 34.8 Å². The van der Waals surface area contributed by atoms with Crippen LogP contribution in [0.2, 0.25) is 5.02 Å². The molecule has 1 aliphatic carbocycles. The number of esters is 1. The van der Waals surface area contributed by atoms with E-state index in [1.165, 1.54) is 0 Å². The Morgan fingerprint density at radius 3 is 2.65 bits per heavy atom. The van der Waals surface area contributed by atoms with Crippen LogP contribution in [0.5, 0.6) is 0 Å². The third-order valence-electron chi connectivity index (χ3n) is 6.66. The van der Waals surface area contributed by atoms with Crippen molar-refractivity contribution in [3.8, 4) is 11.3 Å². The maximum Gasteiger partial charge on any atom is 0.339 e. The highest BCUT2D eigenvalue weighted by atomic mass is 35.5. The SMILES string of the molecule is O=C1OC2(CCN(C(=O)C3(c4nc(-c5ccc(Cl)cc5)cs4)CC3)C2)c2ccccc21. The molecule has 1 amide bonds. The Labute approximate surface area is 188 Å². The van der Waals surface area contributed by atoms with E-state index in [0.29, 0.717) is 30.1 Å². The molecule has 1 atom stereocenters. The van der Waals surface area contributed by atoms with Crippen molar-refractivity contribution in [2.45, 2.75) is 30.3 Å². The van der Waals surface area contributed by atoms with Crippen molar-refractivity contribution in [3.63, 3.8) is 0 Å². The summed E-state index contributed by atoms with van der Waals surface area (Å²) in [4.78, 5) is 32.6. The Kier molecular flexibility index (Phi) is 4.08. The van der Waals surface area contributed by atoms with Gasteiger partial charge in [0.05, 0.1) is 17.8 Å². The van der Waals surface area contributed by atoms with Crippen molar-refractivity contribution < 1.29 is 14.3 Å². The third kappa shape index (κ3) is 2.85. The molecule has 156 valence electrons. The molecule has 1 unspecified atom stereocenters. The number of likely N-dealkylation sites (tertiary alicyclic amines) is 1. The summed E-state index contributed by atoms with van der Waals surface area (Å²) in [7, 11) is 0. The van der Waals surface area contributed by atoms with Crippen LogP contribution in [0.3, 0.4) is 0 Å². The van der Waals surface area contributed by atoms with Gasteiger partial charge in [-0.1, -0.05) is 41.9 Å². The third-order valence-corrected chi connectivity index (χ3v) is 7.96. The molecule has 6 rings (SSSR count). The Morgan fingerprint density at radius 1 is 1.10 bits per heavy atom. The van der Waals surface area contributed by atoms with Crippen molar-refractivity contribution in [1.29, 1.82) is 0 Å². The molecule has 31 heavy (non-hydrogen) atoms. The number of fused-ring (bicyclic) bond motifs is 2. The van der Waals surface area contributed by atoms with Gasteiger partial charge < -0.3 is 9.64 Å². The summed E-state index contributed by atoms with van der Waals surface area (Å²) in [5.41, 5.74) is 2.13. The molecule has 0 bridgehead atoms. The predicted molar refractivity (Wildman–Crippen MR) is 118 cm³/mol. The minimum atomic E-state index is -0.712. The van der Waals surface area contributed by atoms with Gasteiger partial charge in [0.25, 0.3) is 0 Å². The molecule has 3 aliphatic rings. The first-order chi connectivity index (χ1) is 15.0. The van der Waals surface area contributed by atoms with Crippen molar-refractivity contribution in [3.05, 3.63) is 75.1 Å². The van der Waals surface area contributed by atoms with Crippen LogP contribution >= 0.6 is 22.9 Å². The Bertz CT molecular complexity index is 1220. The van der Waals surface area contributed by atoms with Crippen LogP contribution in [0.4, 0.5) is 0 Å². The topological polar surface area (TPSA) is 59.5 Å². The summed E-state index contributed by atoms with van der Waals surface area (Å²) in [5.74, 6) is -0.194. The number of carbonyl (C=O) groups is 2. The van der Waals surface area contributed by atoms with E-state index >= 15 is 0 Å². The highest BCUT2D eigenvalue weighted by Crippen LogP contribution is 2.53. The standard InChI is InChI=1S/C24H19ClN2O3S/c25-16-7-5-15(6-8-16)19-13-31-21(26-19)23(9-10-23)22(29)27-12-11-24(14-27)18-4-2-1-3-17(18)20(28)30-24/h1-8,13H,9-12,14H2. The van der Waals surface area contributed by atoms with E-state index in [2.05, 4.69) is 0 Å². The Morgan fingerprint density at radius 2 is 1.87 bits per heavy atom. The number of benzene rings is 2. The molecule has 0 N–H and O–H groups in total. The van der Waals surface area contributed by atoms with Crippen molar-refractivity contribution in [2.24, 2.45) is 0 Å². The molecule has 1 saturated carbocycles. The molecule has 2 fully saturated rings. The first-order valence-electron chi connectivity index (χ1n) is 10.4. The summed E-state index contributed by atoms with van der Waals surface area (Å²) in [6, 6.07) is 15.1. The molecular formula is C24H19ClN2O3S. The van der Waals surface area contributed by atoms with Crippen LogP contribution in [0, 0.1) is 0 Å². The van der Waals surface area contributed by atoms with Gasteiger partial charge in [0.1, 0.15) is 10.4 Å². The summed E-state index contributed by atoms with van der Waals surface area (Å²) >= 11 is 7.53. The second kappa shape index (κ2) is 6.65. The molecule has 2 aliphatic heterocycles. The lowest BCUT2D eigenvalue weighted by atomic mass is 9.91. The van der Waals surface area contributed by atoms with Gasteiger partial charge in [-0.15, -0.1) is 11.3 Å². The van der Waals surface area contributed by atoms with Crippen molar-refractivity contribution >= 4 is 34.8 Å². The summed E-state index contributed by atoms with van der Waals surface area (Å²) in [5, 5.41) is 3.56. The fourth-order valence-electron chi connectivity index (χ4n) is 4.80. The number of halogens is 1. The molecule has 7 heteroatoms. The monoisotopic (exact) mass is 450 g/mol. The van der Waals surface area contributed by atoms with E-state index in [1.807, 2.05) is 52.7 Å². The summed E-state index contributed by atoms with van der Waals surface area (Å²) in [6.07, 6.45) is 2.24. The van der Waals surface area contributed by atoms with Crippen LogP contribution in [0.25, 0.3) is 11.3 Å². The Balaban J connectivity index is 1.26. The van der Waals surface area contributed by atoms with Gasteiger partial charge in [-0.3, -0.25) is 4.79 Å². The number of rotatable bonds is 3. The van der Waals surface area contributed by atoms with E-state index in [-0.39, 0.29) is 11.9 Å². The van der Waals surface area contributed by atoms with Crippen molar-refractivity contribution in [1.82, 2.24) is 9.88 Å². The molecule has 1 aromatic heterocycles. The number of amides is 1. The normalized spacial score (nSPS) is 23.1. The lowest BCUT2D eigenvalue weighted by Gasteiger charge is -2.26. The molecule has 5 nitrogen and oxygen atoms in total. The second-order valence-corrected chi connectivity index (χ2v) is 9.83. The predicted octanol–water partition coefficient (Wildman–Crippen LogP) is 4.79. The number of hydrogen-bond acceptors (Lipinski definition) is 5. The van der Waals surface area contributed by atoms with Crippen LogP contribution in [0.1, 0.15) is 40.2 Å². The van der Waals surface area contributed by atoms with E-state index in [1.54, 1.807) is 17.4 Å². The van der Waals surface area contributed by atoms with Gasteiger partial charge in [-0.05, 0) is 31.0 Å². The zero-order valence-electron chi connectivity index (χ0n) is 16.6. The smallest absolute Gasteiger partial charge is 0.339 e. The number of ether oxygens (including phenoxy) is 1. The van der Waals surface area contributed by atoms with Crippen LogP contribution in [-0.2, 0) is 20.5 Å². The highest BCUT2D eigenvalue weighted by molar-refractivity contribution is 7.10. The largest absolute Gasteiger partial charge is 0.449 e. The van der Waals surface area contributed by atoms with Gasteiger partial charge in [0, 0.05) is 34.5 Å². The molecular weight excluding hydrogens is 432 g/mol. The minimum absolute atomic E-state index is 0.0989. The molecule has 3 heterocycles. The fourth-order valence-corrected chi connectivity index (χ4v) is 6.00. The number of thiazole rings is 1. The number of hydrogen-bond donors (Lipinski definition) is 0. The zero-order valence-corrected chi connectivity index (χ0v) is 18.2. The zero-order chi connectivity index (χ0) is 21.2. The number of nitrogens with zero attached hydrogens (tertiary/aromatic N) is 2. The van der Waals surface area contributed by atoms with E-state index in [4.69, 9.17) is 21.3 Å². The van der Waals surface area contributed by atoms with E-state index < -0.39 is 11.0 Å². The average molecular weight is 451 g/mol. The van der Waals surface area contributed by atoms with Gasteiger partial charge in [0.15, 0.2) is 5.60 Å². The maximum absolute atomic E-state index is 13.6. The van der Waals surface area contributed by atoms with Gasteiger partial charge in [-0.25, -0.2) is 9.78 Å². The lowest BCUT2D eigenvalue weighted by Crippen LogP contribution is -2.40. The molecule has 1 saturated heterocycles. The Hall–Kier alpha value is -2.70. The lowest BCUT2D eigenvalue weighted by molar-refractivity contribution is -0.134. The molecule has 1 spiro atoms. The first-order valence-corrected chi connectivity index (χ1v) is 11.6. The highest BCUT2D eigenvalue weighted by Gasteiger charge is 2.59. The minimum Gasteiger partial charge on any atom is -0.449 e. The fraction of sp³-hybridized carbons (Fsp3) is 0.292. The van der Waals surface area contributed by atoms with E-state index in [0.717, 1.165) is 34.7 Å². The second-order valence-electron chi connectivity index (χ2n) is 8.53. The van der Waals surface area contributed by atoms with Gasteiger partial charge in [0.2, 0.25) is 5.91 Å². The molecule has 0 radical (unpaired) electrons. The molecule has 3 aromatic rings. The van der Waals surface area contributed by atoms with E-state index in [9.17, 15) is 9.59 Å². The quantitative estimate of drug-likeness (QED) is 0.538. The van der Waals surface area contributed by atoms with Gasteiger partial charge in [-0.2, -0.15) is 0 Å². The maximum atomic E-state index is 13.6.